The van der Waals surface area contributed by atoms with Crippen molar-refractivity contribution in [2.75, 3.05) is 18.6 Å². The van der Waals surface area contributed by atoms with Crippen LogP contribution in [0.15, 0.2) is 6.07 Å². The molecule has 1 heterocycles. The van der Waals surface area contributed by atoms with Crippen molar-refractivity contribution in [1.29, 1.82) is 0 Å². The van der Waals surface area contributed by atoms with Crippen molar-refractivity contribution in [2.24, 2.45) is 0 Å². The summed E-state index contributed by atoms with van der Waals surface area (Å²) < 4.78 is 23.5. The van der Waals surface area contributed by atoms with Crippen LogP contribution >= 0.6 is 0 Å². The fourth-order valence-electron chi connectivity index (χ4n) is 1.19. The van der Waals surface area contributed by atoms with E-state index in [-0.39, 0.29) is 13.2 Å². The molecule has 0 aliphatic carbocycles. The first-order chi connectivity index (χ1) is 7.20. The summed E-state index contributed by atoms with van der Waals surface area (Å²) in [6, 6.07) is 1.52. The van der Waals surface area contributed by atoms with Gasteiger partial charge in [-0.05, 0) is 13.8 Å². The molecule has 0 fully saturated rings. The number of aliphatic hydroxyl groups is 1. The lowest BCUT2D eigenvalue weighted by Crippen LogP contribution is -2.28. The smallest absolute Gasteiger partial charge is 0.158 e. The van der Waals surface area contributed by atoms with E-state index in [9.17, 15) is 8.42 Å². The number of anilines is 1. The fourth-order valence-corrected chi connectivity index (χ4v) is 1.67. The summed E-state index contributed by atoms with van der Waals surface area (Å²) in [5, 5.41) is 12.9. The molecule has 0 radical (unpaired) electrons. The van der Waals surface area contributed by atoms with E-state index in [1.165, 1.54) is 10.7 Å². The third-order valence-corrected chi connectivity index (χ3v) is 4.73. The minimum absolute atomic E-state index is 0.0926. The van der Waals surface area contributed by atoms with E-state index in [1.807, 2.05) is 0 Å². The topological polar surface area (TPSA) is 98.2 Å². The predicted octanol–water partition coefficient (Wildman–Crippen LogP) is -0.263. The lowest BCUT2D eigenvalue weighted by molar-refractivity contribution is 0.270. The summed E-state index contributed by atoms with van der Waals surface area (Å²) in [6.07, 6.45) is 1.16. The quantitative estimate of drug-likeness (QED) is 0.763. The number of hydrogen-bond acceptors (Lipinski definition) is 5. The van der Waals surface area contributed by atoms with E-state index < -0.39 is 14.6 Å². The molecule has 1 aromatic rings. The van der Waals surface area contributed by atoms with Gasteiger partial charge >= 0.3 is 0 Å². The summed E-state index contributed by atoms with van der Waals surface area (Å²) in [4.78, 5) is 0. The Balaban J connectivity index is 3.20. The third-order valence-electron chi connectivity index (χ3n) is 2.67. The fraction of sp³-hybridized carbons (Fsp3) is 0.667. The van der Waals surface area contributed by atoms with Crippen LogP contribution in [0, 0.1) is 0 Å². The van der Waals surface area contributed by atoms with Gasteiger partial charge in [-0.2, -0.15) is 5.10 Å². The van der Waals surface area contributed by atoms with Gasteiger partial charge in [0.05, 0.1) is 18.8 Å². The molecule has 0 unspecified atom stereocenters. The highest BCUT2D eigenvalue weighted by Crippen LogP contribution is 2.28. The molecule has 0 saturated carbocycles. The zero-order valence-electron chi connectivity index (χ0n) is 9.64. The molecule has 0 bridgehead atoms. The zero-order valence-corrected chi connectivity index (χ0v) is 10.5. The van der Waals surface area contributed by atoms with Crippen LogP contribution in [0.3, 0.4) is 0 Å². The molecule has 0 spiro atoms. The van der Waals surface area contributed by atoms with Gasteiger partial charge in [-0.25, -0.2) is 13.1 Å². The summed E-state index contributed by atoms with van der Waals surface area (Å²) in [5.41, 5.74) is 6.05. The van der Waals surface area contributed by atoms with Gasteiger partial charge in [0.2, 0.25) is 0 Å². The predicted molar refractivity (Wildman–Crippen MR) is 61.6 cm³/mol. The standard InChI is InChI=1S/C9H17N3O3S/c1-9(2,16(3,14)15)7-6-8(10)12(11-7)4-5-13/h6,13H,4-5,10H2,1-3H3. The summed E-state index contributed by atoms with van der Waals surface area (Å²) in [6.45, 7) is 3.32. The Labute approximate surface area is 95.0 Å². The van der Waals surface area contributed by atoms with Crippen LogP contribution < -0.4 is 5.73 Å². The molecule has 3 N–H and O–H groups in total. The first kappa shape index (κ1) is 13.0. The minimum atomic E-state index is -3.27. The first-order valence-electron chi connectivity index (χ1n) is 4.84. The number of rotatable bonds is 4. The SMILES string of the molecule is CC(C)(c1cc(N)n(CCO)n1)S(C)(=O)=O. The van der Waals surface area contributed by atoms with Crippen molar-refractivity contribution >= 4 is 15.7 Å². The Kier molecular flexibility index (Phi) is 3.30. The number of aliphatic hydroxyl groups excluding tert-OH is 1. The average Bonchev–Trinajstić information content (AvgIpc) is 2.47. The second kappa shape index (κ2) is 4.06. The van der Waals surface area contributed by atoms with Crippen molar-refractivity contribution in [3.63, 3.8) is 0 Å². The number of hydrogen-bond donors (Lipinski definition) is 2. The van der Waals surface area contributed by atoms with Gasteiger partial charge in [0.1, 0.15) is 10.6 Å². The number of nitrogens with two attached hydrogens (primary N) is 1. The van der Waals surface area contributed by atoms with E-state index in [2.05, 4.69) is 5.10 Å². The summed E-state index contributed by atoms with van der Waals surface area (Å²) in [7, 11) is -3.27. The molecule has 92 valence electrons. The Morgan fingerprint density at radius 3 is 2.56 bits per heavy atom. The van der Waals surface area contributed by atoms with Crippen LogP contribution in [0.2, 0.25) is 0 Å². The van der Waals surface area contributed by atoms with Crippen LogP contribution in [0.1, 0.15) is 19.5 Å². The molecule has 0 aliphatic rings. The van der Waals surface area contributed by atoms with Gasteiger partial charge in [-0.15, -0.1) is 0 Å². The zero-order chi connectivity index (χ0) is 12.6. The molecule has 6 nitrogen and oxygen atoms in total. The van der Waals surface area contributed by atoms with Gasteiger partial charge in [-0.1, -0.05) is 0 Å². The lowest BCUT2D eigenvalue weighted by atomic mass is 10.1. The minimum Gasteiger partial charge on any atom is -0.394 e. The third kappa shape index (κ3) is 2.19. The van der Waals surface area contributed by atoms with Crippen LogP contribution in [0.4, 0.5) is 5.82 Å². The Morgan fingerprint density at radius 1 is 1.56 bits per heavy atom. The van der Waals surface area contributed by atoms with Gasteiger partial charge in [-0.3, -0.25) is 0 Å². The highest BCUT2D eigenvalue weighted by Gasteiger charge is 2.35. The highest BCUT2D eigenvalue weighted by atomic mass is 32.2. The van der Waals surface area contributed by atoms with Gasteiger partial charge in [0, 0.05) is 12.3 Å². The Bertz CT molecular complexity index is 476. The van der Waals surface area contributed by atoms with E-state index in [0.717, 1.165) is 6.26 Å². The van der Waals surface area contributed by atoms with Crippen molar-refractivity contribution in [2.45, 2.75) is 25.1 Å². The molecule has 1 rings (SSSR count). The molecule has 1 aromatic heterocycles. The van der Waals surface area contributed by atoms with E-state index in [4.69, 9.17) is 10.8 Å². The van der Waals surface area contributed by atoms with Crippen LogP contribution in [0.5, 0.6) is 0 Å². The normalized spacial score (nSPS) is 13.0. The maximum atomic E-state index is 11.6. The number of nitrogens with zero attached hydrogens (tertiary/aromatic N) is 2. The maximum absolute atomic E-state index is 11.6. The highest BCUT2D eigenvalue weighted by molar-refractivity contribution is 7.91. The number of sulfone groups is 1. The second-order valence-electron chi connectivity index (χ2n) is 4.18. The van der Waals surface area contributed by atoms with Crippen LogP contribution in [-0.2, 0) is 21.1 Å². The number of aromatic nitrogens is 2. The molecule has 0 aliphatic heterocycles. The Hall–Kier alpha value is -1.08. The van der Waals surface area contributed by atoms with E-state index in [1.54, 1.807) is 13.8 Å². The van der Waals surface area contributed by atoms with Crippen LogP contribution in [-0.4, -0.2) is 36.2 Å². The largest absolute Gasteiger partial charge is 0.394 e. The molecule has 16 heavy (non-hydrogen) atoms. The second-order valence-corrected chi connectivity index (χ2v) is 6.75. The number of nitrogen functional groups attached to an aromatic ring is 1. The molecule has 0 saturated heterocycles. The van der Waals surface area contributed by atoms with E-state index >= 15 is 0 Å². The summed E-state index contributed by atoms with van der Waals surface area (Å²) in [5.74, 6) is 0.348. The monoisotopic (exact) mass is 247 g/mol. The van der Waals surface area contributed by atoms with Gasteiger partial charge < -0.3 is 10.8 Å². The van der Waals surface area contributed by atoms with Gasteiger partial charge in [0.25, 0.3) is 0 Å². The first-order valence-corrected chi connectivity index (χ1v) is 6.73. The molecule has 0 amide bonds. The molecule has 7 heteroatoms. The molecule has 0 atom stereocenters. The molecular formula is C9H17N3O3S. The molecule has 0 aromatic carbocycles. The van der Waals surface area contributed by atoms with Crippen molar-refractivity contribution in [1.82, 2.24) is 9.78 Å². The lowest BCUT2D eigenvalue weighted by Gasteiger charge is -2.19. The molecular weight excluding hydrogens is 230 g/mol. The van der Waals surface area contributed by atoms with Crippen molar-refractivity contribution in [3.8, 4) is 0 Å². The van der Waals surface area contributed by atoms with E-state index in [0.29, 0.717) is 11.5 Å². The maximum Gasteiger partial charge on any atom is 0.158 e. The van der Waals surface area contributed by atoms with Crippen molar-refractivity contribution in [3.05, 3.63) is 11.8 Å². The summed E-state index contributed by atoms with van der Waals surface area (Å²) >= 11 is 0. The Morgan fingerprint density at radius 2 is 2.12 bits per heavy atom. The van der Waals surface area contributed by atoms with Crippen molar-refractivity contribution < 1.29 is 13.5 Å². The average molecular weight is 247 g/mol. The van der Waals surface area contributed by atoms with Crippen LogP contribution in [0.25, 0.3) is 0 Å². The van der Waals surface area contributed by atoms with Gasteiger partial charge in [0.15, 0.2) is 9.84 Å².